The SMILES string of the molecule is Cc1ccccc1-n1c(=O)c2ccccc2n2c(SCc3nc4ccsc4c(=O)[nH]3)nnc12. The smallest absolute Gasteiger partial charge is 0.268 e. The second-order valence-electron chi connectivity index (χ2n) is 7.50. The number of aromatic nitrogens is 6. The number of thiophene rings is 1. The second kappa shape index (κ2) is 7.68. The highest BCUT2D eigenvalue weighted by Gasteiger charge is 2.19. The van der Waals surface area contributed by atoms with Crippen molar-refractivity contribution < 1.29 is 0 Å². The molecule has 6 aromatic rings. The Morgan fingerprint density at radius 1 is 1.03 bits per heavy atom. The number of H-pyrrole nitrogens is 1. The Labute approximate surface area is 194 Å². The molecule has 6 rings (SSSR count). The molecule has 0 saturated carbocycles. The van der Waals surface area contributed by atoms with Gasteiger partial charge < -0.3 is 4.98 Å². The first kappa shape index (κ1) is 19.9. The minimum absolute atomic E-state index is 0.143. The number of nitrogens with one attached hydrogen (secondary N) is 1. The van der Waals surface area contributed by atoms with E-state index >= 15 is 0 Å². The van der Waals surface area contributed by atoms with Crippen LogP contribution in [0.1, 0.15) is 11.4 Å². The van der Waals surface area contributed by atoms with E-state index in [9.17, 15) is 9.59 Å². The van der Waals surface area contributed by atoms with E-state index in [4.69, 9.17) is 0 Å². The Morgan fingerprint density at radius 2 is 1.85 bits per heavy atom. The van der Waals surface area contributed by atoms with E-state index in [1.165, 1.54) is 23.1 Å². The van der Waals surface area contributed by atoms with Gasteiger partial charge in [0.05, 0.1) is 27.9 Å². The number of hydrogen-bond donors (Lipinski definition) is 1. The third kappa shape index (κ3) is 3.18. The molecular weight excluding hydrogens is 456 g/mol. The van der Waals surface area contributed by atoms with Crippen LogP contribution in [0.5, 0.6) is 0 Å². The van der Waals surface area contributed by atoms with Crippen LogP contribution in [0.3, 0.4) is 0 Å². The molecule has 0 amide bonds. The van der Waals surface area contributed by atoms with Crippen LogP contribution in [0.4, 0.5) is 0 Å². The van der Waals surface area contributed by atoms with E-state index in [-0.39, 0.29) is 11.1 Å². The second-order valence-corrected chi connectivity index (χ2v) is 9.36. The van der Waals surface area contributed by atoms with Gasteiger partial charge in [-0.05, 0) is 42.1 Å². The van der Waals surface area contributed by atoms with Crippen molar-refractivity contribution in [3.63, 3.8) is 0 Å². The average molecular weight is 473 g/mol. The lowest BCUT2D eigenvalue weighted by Crippen LogP contribution is -2.22. The fraction of sp³-hybridized carbons (Fsp3) is 0.0870. The highest BCUT2D eigenvalue weighted by molar-refractivity contribution is 7.98. The Bertz CT molecular complexity index is 1800. The molecule has 4 heterocycles. The molecule has 0 unspecified atom stereocenters. The van der Waals surface area contributed by atoms with Crippen molar-refractivity contribution in [3.8, 4) is 5.69 Å². The van der Waals surface area contributed by atoms with Crippen molar-refractivity contribution in [3.05, 3.63) is 92.1 Å². The molecule has 8 nitrogen and oxygen atoms in total. The summed E-state index contributed by atoms with van der Waals surface area (Å²) in [5.41, 5.74) is 2.84. The molecule has 2 aromatic carbocycles. The standard InChI is InChI=1S/C23H16N6O2S2/c1-13-6-2-4-8-16(13)28-21(31)14-7-3-5-9-17(14)29-22(28)26-27-23(29)33-12-18-24-15-10-11-32-19(15)20(30)25-18/h2-11H,12H2,1H3,(H,24,25,30). The van der Waals surface area contributed by atoms with Gasteiger partial charge in [-0.3, -0.25) is 14.0 Å². The summed E-state index contributed by atoms with van der Waals surface area (Å²) in [7, 11) is 0. The number of fused-ring (bicyclic) bond motifs is 4. The minimum atomic E-state index is -0.148. The number of benzene rings is 2. The highest BCUT2D eigenvalue weighted by Crippen LogP contribution is 2.26. The van der Waals surface area contributed by atoms with Crippen molar-refractivity contribution in [1.29, 1.82) is 0 Å². The predicted octanol–water partition coefficient (Wildman–Crippen LogP) is 3.93. The van der Waals surface area contributed by atoms with Crippen LogP contribution < -0.4 is 11.1 Å². The maximum absolute atomic E-state index is 13.4. The first-order valence-corrected chi connectivity index (χ1v) is 12.0. The summed E-state index contributed by atoms with van der Waals surface area (Å²) in [4.78, 5) is 33.2. The molecule has 0 radical (unpaired) electrons. The van der Waals surface area contributed by atoms with E-state index in [1.807, 2.05) is 71.3 Å². The van der Waals surface area contributed by atoms with Gasteiger partial charge >= 0.3 is 0 Å². The van der Waals surface area contributed by atoms with Gasteiger partial charge in [0.2, 0.25) is 5.78 Å². The normalized spacial score (nSPS) is 11.7. The van der Waals surface area contributed by atoms with Gasteiger partial charge in [-0.2, -0.15) is 0 Å². The van der Waals surface area contributed by atoms with E-state index in [1.54, 1.807) is 4.57 Å². The molecule has 0 spiro atoms. The maximum Gasteiger partial charge on any atom is 0.268 e. The fourth-order valence-electron chi connectivity index (χ4n) is 3.93. The van der Waals surface area contributed by atoms with Crippen molar-refractivity contribution in [2.75, 3.05) is 0 Å². The van der Waals surface area contributed by atoms with Gasteiger partial charge in [0.25, 0.3) is 11.1 Å². The summed E-state index contributed by atoms with van der Waals surface area (Å²) in [5.74, 6) is 1.40. The first-order chi connectivity index (χ1) is 16.1. The molecule has 0 aliphatic carbocycles. The number of para-hydroxylation sites is 2. The molecule has 162 valence electrons. The van der Waals surface area contributed by atoms with Gasteiger partial charge in [0.1, 0.15) is 10.5 Å². The highest BCUT2D eigenvalue weighted by atomic mass is 32.2. The molecule has 1 N–H and O–H groups in total. The average Bonchev–Trinajstić information content (AvgIpc) is 3.47. The zero-order valence-electron chi connectivity index (χ0n) is 17.3. The third-order valence-corrected chi connectivity index (χ3v) is 7.30. The number of hydrogen-bond acceptors (Lipinski definition) is 7. The first-order valence-electron chi connectivity index (χ1n) is 10.2. The summed E-state index contributed by atoms with van der Waals surface area (Å²) in [6, 6.07) is 17.0. The predicted molar refractivity (Wildman–Crippen MR) is 131 cm³/mol. The zero-order valence-corrected chi connectivity index (χ0v) is 19.0. The number of aryl methyl sites for hydroxylation is 1. The largest absolute Gasteiger partial charge is 0.309 e. The molecule has 0 bridgehead atoms. The zero-order chi connectivity index (χ0) is 22.5. The molecule has 33 heavy (non-hydrogen) atoms. The summed E-state index contributed by atoms with van der Waals surface area (Å²) >= 11 is 2.77. The summed E-state index contributed by atoms with van der Waals surface area (Å²) < 4.78 is 4.10. The molecular formula is C23H16N6O2S2. The van der Waals surface area contributed by atoms with Crippen LogP contribution in [0.2, 0.25) is 0 Å². The molecule has 0 fully saturated rings. The van der Waals surface area contributed by atoms with Gasteiger partial charge in [0.15, 0.2) is 5.16 Å². The molecule has 0 aliphatic heterocycles. The molecule has 0 saturated heterocycles. The Morgan fingerprint density at radius 3 is 2.73 bits per heavy atom. The summed E-state index contributed by atoms with van der Waals surface area (Å²) in [6.07, 6.45) is 0. The van der Waals surface area contributed by atoms with E-state index in [0.29, 0.717) is 38.1 Å². The van der Waals surface area contributed by atoms with Gasteiger partial charge in [-0.25, -0.2) is 9.55 Å². The monoisotopic (exact) mass is 472 g/mol. The molecule has 10 heteroatoms. The lowest BCUT2D eigenvalue weighted by molar-refractivity contribution is 0.924. The van der Waals surface area contributed by atoms with E-state index < -0.39 is 0 Å². The van der Waals surface area contributed by atoms with Crippen molar-refractivity contribution in [1.82, 2.24) is 29.1 Å². The number of nitrogens with zero attached hydrogens (tertiary/aromatic N) is 5. The van der Waals surface area contributed by atoms with Crippen molar-refractivity contribution in [2.24, 2.45) is 0 Å². The number of thioether (sulfide) groups is 1. The summed E-state index contributed by atoms with van der Waals surface area (Å²) in [5, 5.41) is 11.8. The third-order valence-electron chi connectivity index (χ3n) is 5.45. The van der Waals surface area contributed by atoms with Crippen LogP contribution in [0.25, 0.3) is 32.6 Å². The quantitative estimate of drug-likeness (QED) is 0.391. The molecule has 4 aromatic heterocycles. The number of aromatic amines is 1. The lowest BCUT2D eigenvalue weighted by atomic mass is 10.2. The van der Waals surface area contributed by atoms with Gasteiger partial charge in [0, 0.05) is 0 Å². The van der Waals surface area contributed by atoms with Crippen LogP contribution in [0, 0.1) is 6.92 Å². The van der Waals surface area contributed by atoms with E-state index in [2.05, 4.69) is 20.2 Å². The van der Waals surface area contributed by atoms with Crippen molar-refractivity contribution in [2.45, 2.75) is 17.8 Å². The summed E-state index contributed by atoms with van der Waals surface area (Å²) in [6.45, 7) is 1.96. The molecule has 0 aliphatic rings. The van der Waals surface area contributed by atoms with E-state index in [0.717, 1.165) is 16.8 Å². The Hall–Kier alpha value is -3.76. The fourth-order valence-corrected chi connectivity index (χ4v) is 5.46. The van der Waals surface area contributed by atoms with Gasteiger partial charge in [-0.1, -0.05) is 42.1 Å². The minimum Gasteiger partial charge on any atom is -0.309 e. The Balaban J connectivity index is 1.53. The number of rotatable bonds is 4. The maximum atomic E-state index is 13.4. The lowest BCUT2D eigenvalue weighted by Gasteiger charge is -2.13. The molecule has 0 atom stereocenters. The van der Waals surface area contributed by atoms with Crippen molar-refractivity contribution >= 4 is 50.0 Å². The van der Waals surface area contributed by atoms with Crippen LogP contribution >= 0.6 is 23.1 Å². The van der Waals surface area contributed by atoms with Gasteiger partial charge in [-0.15, -0.1) is 21.5 Å². The van der Waals surface area contributed by atoms with Crippen LogP contribution in [-0.4, -0.2) is 29.1 Å². The van der Waals surface area contributed by atoms with Crippen LogP contribution in [0.15, 0.2) is 74.7 Å². The topological polar surface area (TPSA) is 97.9 Å². The van der Waals surface area contributed by atoms with Crippen LogP contribution in [-0.2, 0) is 5.75 Å². The Kier molecular flexibility index (Phi) is 4.63.